The number of carbonyl (C=O) groups is 1. The van der Waals surface area contributed by atoms with Crippen LogP contribution in [-0.4, -0.2) is 49.0 Å². The lowest BCUT2D eigenvalue weighted by Gasteiger charge is -2.40. The van der Waals surface area contributed by atoms with Crippen LogP contribution in [0.5, 0.6) is 5.75 Å². The third-order valence-electron chi connectivity index (χ3n) is 5.89. The molecule has 1 fully saturated rings. The van der Waals surface area contributed by atoms with Gasteiger partial charge in [0.1, 0.15) is 17.9 Å². The topological polar surface area (TPSA) is 66.0 Å². The van der Waals surface area contributed by atoms with Crippen LogP contribution in [0.15, 0.2) is 29.3 Å². The van der Waals surface area contributed by atoms with Crippen LogP contribution >= 0.6 is 0 Å². The lowest BCUT2D eigenvalue weighted by atomic mass is 9.86. The molecule has 2 N–H and O–H groups in total. The number of benzene rings is 1. The predicted molar refractivity (Wildman–Crippen MR) is 113 cm³/mol. The van der Waals surface area contributed by atoms with Gasteiger partial charge in [-0.3, -0.25) is 4.79 Å². The Bertz CT molecular complexity index is 710. The molecule has 1 heterocycles. The van der Waals surface area contributed by atoms with Crippen LogP contribution in [0.2, 0.25) is 0 Å². The second-order valence-electron chi connectivity index (χ2n) is 8.34. The molecule has 28 heavy (non-hydrogen) atoms. The van der Waals surface area contributed by atoms with Crippen LogP contribution in [0.4, 0.5) is 0 Å². The zero-order chi connectivity index (χ0) is 20.1. The number of likely N-dealkylation sites (N-methyl/N-ethyl adjacent to an activating group) is 1. The standard InChI is InChI=1S/C22H34N4O2/c1-5-16(2)24-21(23-15-20(27)26(3)4)25-18-14-22(12-8-9-13-22)28-19-11-7-6-10-17(18)19/h6-7,10-11,16,18H,5,8-9,12-15H2,1-4H3,(H2,23,24,25). The average Bonchev–Trinajstić information content (AvgIpc) is 3.12. The summed E-state index contributed by atoms with van der Waals surface area (Å²) in [5, 5.41) is 7.06. The first-order valence-corrected chi connectivity index (χ1v) is 10.5. The Morgan fingerprint density at radius 3 is 2.71 bits per heavy atom. The molecule has 1 aliphatic heterocycles. The van der Waals surface area contributed by atoms with Crippen molar-refractivity contribution in [3.63, 3.8) is 0 Å². The quantitative estimate of drug-likeness (QED) is 0.602. The van der Waals surface area contributed by atoms with Crippen LogP contribution in [-0.2, 0) is 4.79 Å². The molecule has 1 aliphatic carbocycles. The molecule has 6 heteroatoms. The van der Waals surface area contributed by atoms with Gasteiger partial charge in [-0.15, -0.1) is 0 Å². The molecule has 0 bridgehead atoms. The summed E-state index contributed by atoms with van der Waals surface area (Å²) < 4.78 is 6.46. The molecule has 0 radical (unpaired) electrons. The van der Waals surface area contributed by atoms with E-state index >= 15 is 0 Å². The highest BCUT2D eigenvalue weighted by molar-refractivity contribution is 5.85. The number of para-hydroxylation sites is 1. The Morgan fingerprint density at radius 2 is 2.04 bits per heavy atom. The summed E-state index contributed by atoms with van der Waals surface area (Å²) >= 11 is 0. The highest BCUT2D eigenvalue weighted by Gasteiger charge is 2.43. The fourth-order valence-corrected chi connectivity index (χ4v) is 3.99. The second-order valence-corrected chi connectivity index (χ2v) is 8.34. The van der Waals surface area contributed by atoms with E-state index in [0.717, 1.165) is 37.0 Å². The smallest absolute Gasteiger partial charge is 0.243 e. The van der Waals surface area contributed by atoms with E-state index < -0.39 is 0 Å². The minimum absolute atomic E-state index is 0.00936. The summed E-state index contributed by atoms with van der Waals surface area (Å²) in [6, 6.07) is 8.67. The summed E-state index contributed by atoms with van der Waals surface area (Å²) in [5.41, 5.74) is 1.09. The molecule has 2 unspecified atom stereocenters. The lowest BCUT2D eigenvalue weighted by molar-refractivity contribution is -0.127. The maximum absolute atomic E-state index is 12.0. The first-order valence-electron chi connectivity index (χ1n) is 10.5. The van der Waals surface area contributed by atoms with Crippen molar-refractivity contribution < 1.29 is 9.53 Å². The van der Waals surface area contributed by atoms with Gasteiger partial charge in [0.2, 0.25) is 5.91 Å². The van der Waals surface area contributed by atoms with E-state index in [9.17, 15) is 4.79 Å². The van der Waals surface area contributed by atoms with Crippen molar-refractivity contribution in [3.8, 4) is 5.75 Å². The minimum Gasteiger partial charge on any atom is -0.487 e. The number of amides is 1. The highest BCUT2D eigenvalue weighted by Crippen LogP contribution is 2.46. The number of aliphatic imine (C=N–C) groups is 1. The zero-order valence-electron chi connectivity index (χ0n) is 17.6. The van der Waals surface area contributed by atoms with E-state index in [0.29, 0.717) is 5.96 Å². The fourth-order valence-electron chi connectivity index (χ4n) is 3.99. The number of hydrogen-bond donors (Lipinski definition) is 2. The van der Waals surface area contributed by atoms with Crippen LogP contribution in [0, 0.1) is 0 Å². The minimum atomic E-state index is -0.0764. The highest BCUT2D eigenvalue weighted by atomic mass is 16.5. The molecular formula is C22H34N4O2. The predicted octanol–water partition coefficient (Wildman–Crippen LogP) is 3.24. The van der Waals surface area contributed by atoms with Gasteiger partial charge in [0.05, 0.1) is 6.04 Å². The van der Waals surface area contributed by atoms with Crippen LogP contribution in [0.3, 0.4) is 0 Å². The van der Waals surface area contributed by atoms with Crippen LogP contribution < -0.4 is 15.4 Å². The van der Waals surface area contributed by atoms with E-state index in [1.165, 1.54) is 12.8 Å². The molecule has 1 amide bonds. The van der Waals surface area contributed by atoms with Gasteiger partial charge in [-0.05, 0) is 45.1 Å². The van der Waals surface area contributed by atoms with E-state index in [1.54, 1.807) is 19.0 Å². The molecule has 0 saturated heterocycles. The Balaban J connectivity index is 1.83. The number of carbonyl (C=O) groups excluding carboxylic acids is 1. The van der Waals surface area contributed by atoms with Gasteiger partial charge in [-0.25, -0.2) is 4.99 Å². The lowest BCUT2D eigenvalue weighted by Crippen LogP contribution is -2.48. The number of nitrogens with one attached hydrogen (secondary N) is 2. The Morgan fingerprint density at radius 1 is 1.32 bits per heavy atom. The summed E-state index contributed by atoms with van der Waals surface area (Å²) in [5.74, 6) is 1.66. The number of hydrogen-bond acceptors (Lipinski definition) is 3. The normalized spacial score (nSPS) is 21.6. The van der Waals surface area contributed by atoms with Crippen LogP contribution in [0.1, 0.15) is 64.0 Å². The van der Waals surface area contributed by atoms with Gasteiger partial charge in [0.25, 0.3) is 0 Å². The van der Waals surface area contributed by atoms with Crippen molar-refractivity contribution >= 4 is 11.9 Å². The maximum Gasteiger partial charge on any atom is 0.243 e. The molecule has 0 aromatic heterocycles. The molecule has 1 aromatic rings. The first kappa shape index (κ1) is 20.5. The fraction of sp³-hybridized carbons (Fsp3) is 0.636. The van der Waals surface area contributed by atoms with E-state index in [-0.39, 0.29) is 30.1 Å². The third kappa shape index (κ3) is 4.78. The Kier molecular flexibility index (Phi) is 6.47. The van der Waals surface area contributed by atoms with Crippen molar-refractivity contribution in [3.05, 3.63) is 29.8 Å². The van der Waals surface area contributed by atoms with Gasteiger partial charge in [-0.1, -0.05) is 25.1 Å². The summed E-state index contributed by atoms with van der Waals surface area (Å²) in [6.07, 6.45) is 6.55. The second kappa shape index (κ2) is 8.84. The van der Waals surface area contributed by atoms with Crippen LogP contribution in [0.25, 0.3) is 0 Å². The maximum atomic E-state index is 12.0. The molecule has 1 aromatic carbocycles. The van der Waals surface area contributed by atoms with Gasteiger partial charge >= 0.3 is 0 Å². The molecule has 3 rings (SSSR count). The van der Waals surface area contributed by atoms with Gasteiger partial charge in [-0.2, -0.15) is 0 Å². The van der Waals surface area contributed by atoms with Crippen molar-refractivity contribution in [1.29, 1.82) is 0 Å². The molecule has 2 aliphatic rings. The number of fused-ring (bicyclic) bond motifs is 1. The van der Waals surface area contributed by atoms with Crippen molar-refractivity contribution in [2.45, 2.75) is 70.1 Å². The first-order chi connectivity index (χ1) is 13.4. The Labute approximate surface area is 168 Å². The third-order valence-corrected chi connectivity index (χ3v) is 5.89. The molecule has 2 atom stereocenters. The molecular weight excluding hydrogens is 352 g/mol. The van der Waals surface area contributed by atoms with E-state index in [4.69, 9.17) is 4.74 Å². The number of guanidine groups is 1. The van der Waals surface area contributed by atoms with Crippen molar-refractivity contribution in [2.24, 2.45) is 4.99 Å². The van der Waals surface area contributed by atoms with Gasteiger partial charge in [0.15, 0.2) is 5.96 Å². The summed E-state index contributed by atoms with van der Waals surface area (Å²) in [7, 11) is 3.51. The average molecular weight is 387 g/mol. The monoisotopic (exact) mass is 386 g/mol. The van der Waals surface area contributed by atoms with Crippen molar-refractivity contribution in [2.75, 3.05) is 20.6 Å². The molecule has 6 nitrogen and oxygen atoms in total. The molecule has 154 valence electrons. The SMILES string of the molecule is CCC(C)NC(=NCC(=O)N(C)C)NC1CC2(CCCC2)Oc2ccccc21. The molecule has 1 saturated carbocycles. The van der Waals surface area contributed by atoms with Gasteiger partial charge in [0, 0.05) is 32.1 Å². The largest absolute Gasteiger partial charge is 0.487 e. The summed E-state index contributed by atoms with van der Waals surface area (Å²) in [4.78, 5) is 18.2. The Hall–Kier alpha value is -2.24. The number of ether oxygens (including phenoxy) is 1. The summed E-state index contributed by atoms with van der Waals surface area (Å²) in [6.45, 7) is 4.40. The van der Waals surface area contributed by atoms with E-state index in [2.05, 4.69) is 47.7 Å². The zero-order valence-corrected chi connectivity index (χ0v) is 17.6. The van der Waals surface area contributed by atoms with Crippen molar-refractivity contribution in [1.82, 2.24) is 15.5 Å². The number of nitrogens with zero attached hydrogens (tertiary/aromatic N) is 2. The number of rotatable bonds is 5. The van der Waals surface area contributed by atoms with Gasteiger partial charge < -0.3 is 20.3 Å². The molecule has 1 spiro atoms. The van der Waals surface area contributed by atoms with E-state index in [1.807, 2.05) is 6.07 Å².